The lowest BCUT2D eigenvalue weighted by Gasteiger charge is -2.10. The van der Waals surface area contributed by atoms with Crippen molar-refractivity contribution in [3.8, 4) is 5.69 Å². The minimum Gasteiger partial charge on any atom is -0.350 e. The van der Waals surface area contributed by atoms with Gasteiger partial charge in [-0.25, -0.2) is 0 Å². The van der Waals surface area contributed by atoms with Crippen molar-refractivity contribution in [2.24, 2.45) is 0 Å². The van der Waals surface area contributed by atoms with Gasteiger partial charge in [-0.1, -0.05) is 66.4 Å². The third-order valence-corrected chi connectivity index (χ3v) is 5.91. The highest BCUT2D eigenvalue weighted by molar-refractivity contribution is 7.99. The van der Waals surface area contributed by atoms with Crippen molar-refractivity contribution >= 4 is 17.7 Å². The molecule has 0 atom stereocenters. The van der Waals surface area contributed by atoms with Crippen molar-refractivity contribution in [3.63, 3.8) is 0 Å². The number of aromatic nitrogens is 4. The van der Waals surface area contributed by atoms with Gasteiger partial charge in [-0.15, -0.1) is 10.2 Å². The fraction of sp³-hybridized carbons (Fsp3) is 0.200. The summed E-state index contributed by atoms with van der Waals surface area (Å²) >= 11 is 1.63. The quantitative estimate of drug-likeness (QED) is 0.290. The summed E-state index contributed by atoms with van der Waals surface area (Å²) in [7, 11) is 0. The molecule has 6 nitrogen and oxygen atoms in total. The van der Waals surface area contributed by atoms with Crippen LogP contribution in [0.1, 0.15) is 29.9 Å². The van der Waals surface area contributed by atoms with Crippen molar-refractivity contribution in [2.75, 3.05) is 5.75 Å². The summed E-state index contributed by atoms with van der Waals surface area (Å²) in [6.07, 6.45) is 3.66. The number of benzene rings is 2. The van der Waals surface area contributed by atoms with Gasteiger partial charge in [0.05, 0.1) is 12.2 Å². The van der Waals surface area contributed by atoms with Crippen LogP contribution < -0.4 is 5.32 Å². The maximum absolute atomic E-state index is 12.1. The number of hydrogen-bond acceptors (Lipinski definition) is 5. The summed E-state index contributed by atoms with van der Waals surface area (Å²) in [6, 6.07) is 26.1. The molecule has 0 spiro atoms. The first-order valence-corrected chi connectivity index (χ1v) is 11.6. The van der Waals surface area contributed by atoms with E-state index in [1.807, 2.05) is 54.6 Å². The molecule has 162 valence electrons. The number of carbonyl (C=O) groups is 1. The summed E-state index contributed by atoms with van der Waals surface area (Å²) in [5.74, 6) is 1.72. The number of nitrogens with zero attached hydrogens (tertiary/aromatic N) is 4. The van der Waals surface area contributed by atoms with Crippen molar-refractivity contribution in [1.29, 1.82) is 0 Å². The highest BCUT2D eigenvalue weighted by atomic mass is 32.2. The first kappa shape index (κ1) is 21.8. The van der Waals surface area contributed by atoms with E-state index in [9.17, 15) is 4.79 Å². The molecule has 2 aromatic heterocycles. The third-order valence-electron chi connectivity index (χ3n) is 4.89. The zero-order chi connectivity index (χ0) is 22.0. The van der Waals surface area contributed by atoms with Crippen molar-refractivity contribution in [3.05, 3.63) is 102 Å². The minimum absolute atomic E-state index is 0.0329. The number of pyridine rings is 1. The Balaban J connectivity index is 1.35. The molecule has 1 N–H and O–H groups in total. The van der Waals surface area contributed by atoms with Gasteiger partial charge >= 0.3 is 0 Å². The van der Waals surface area contributed by atoms with Gasteiger partial charge in [0.2, 0.25) is 5.91 Å². The van der Waals surface area contributed by atoms with Gasteiger partial charge in [-0.2, -0.15) is 0 Å². The maximum Gasteiger partial charge on any atom is 0.220 e. The van der Waals surface area contributed by atoms with Crippen molar-refractivity contribution < 1.29 is 4.79 Å². The Morgan fingerprint density at radius 1 is 0.906 bits per heavy atom. The molecule has 32 heavy (non-hydrogen) atoms. The largest absolute Gasteiger partial charge is 0.350 e. The highest BCUT2D eigenvalue weighted by Crippen LogP contribution is 2.24. The smallest absolute Gasteiger partial charge is 0.220 e. The Morgan fingerprint density at radius 2 is 1.66 bits per heavy atom. The molecule has 4 rings (SSSR count). The molecule has 0 aliphatic rings. The molecule has 2 aromatic carbocycles. The lowest BCUT2D eigenvalue weighted by molar-refractivity contribution is -0.121. The molecule has 0 aliphatic carbocycles. The Morgan fingerprint density at radius 3 is 2.41 bits per heavy atom. The van der Waals surface area contributed by atoms with Crippen LogP contribution in [-0.4, -0.2) is 31.4 Å². The highest BCUT2D eigenvalue weighted by Gasteiger charge is 2.15. The van der Waals surface area contributed by atoms with Gasteiger partial charge in [0, 0.05) is 30.5 Å². The van der Waals surface area contributed by atoms with E-state index < -0.39 is 0 Å². The molecule has 0 saturated carbocycles. The summed E-state index contributed by atoms with van der Waals surface area (Å²) in [6.45, 7) is 0.456. The van der Waals surface area contributed by atoms with Gasteiger partial charge in [0.1, 0.15) is 5.82 Å². The number of amides is 1. The van der Waals surface area contributed by atoms with Crippen LogP contribution in [-0.2, 0) is 17.8 Å². The number of carbonyl (C=O) groups excluding carboxylic acids is 1. The molecule has 7 heteroatoms. The van der Waals surface area contributed by atoms with E-state index in [-0.39, 0.29) is 5.91 Å². The first-order valence-electron chi connectivity index (χ1n) is 10.6. The van der Waals surface area contributed by atoms with Crippen LogP contribution in [0.4, 0.5) is 0 Å². The molecular formula is C25H25N5OS. The number of nitrogens with one attached hydrogen (secondary N) is 1. The Hall–Kier alpha value is -3.45. The van der Waals surface area contributed by atoms with Crippen LogP contribution in [0, 0.1) is 0 Å². The predicted molar refractivity (Wildman–Crippen MR) is 127 cm³/mol. The third kappa shape index (κ3) is 6.04. The number of para-hydroxylation sites is 1. The Labute approximate surface area is 192 Å². The molecule has 2 heterocycles. The Bertz CT molecular complexity index is 1120. The van der Waals surface area contributed by atoms with Crippen LogP contribution in [0.3, 0.4) is 0 Å². The Kier molecular flexibility index (Phi) is 7.65. The summed E-state index contributed by atoms with van der Waals surface area (Å²) < 4.78 is 2.11. The molecule has 1 amide bonds. The van der Waals surface area contributed by atoms with Gasteiger partial charge < -0.3 is 5.32 Å². The van der Waals surface area contributed by atoms with Crippen LogP contribution in [0.2, 0.25) is 0 Å². The van der Waals surface area contributed by atoms with Crippen LogP contribution in [0.15, 0.2) is 90.2 Å². The van der Waals surface area contributed by atoms with E-state index in [0.717, 1.165) is 34.5 Å². The summed E-state index contributed by atoms with van der Waals surface area (Å²) in [5, 5.41) is 12.7. The average molecular weight is 444 g/mol. The summed E-state index contributed by atoms with van der Waals surface area (Å²) in [4.78, 5) is 16.4. The molecule has 0 bridgehead atoms. The second-order valence-corrected chi connectivity index (χ2v) is 8.34. The van der Waals surface area contributed by atoms with Crippen LogP contribution in [0.25, 0.3) is 5.69 Å². The molecule has 0 saturated heterocycles. The number of hydrogen-bond donors (Lipinski definition) is 1. The summed E-state index contributed by atoms with van der Waals surface area (Å²) in [5.41, 5.74) is 3.09. The van der Waals surface area contributed by atoms with Crippen molar-refractivity contribution in [1.82, 2.24) is 25.1 Å². The normalized spacial score (nSPS) is 10.8. The zero-order valence-electron chi connectivity index (χ0n) is 17.7. The fourth-order valence-corrected chi connectivity index (χ4v) is 4.21. The van der Waals surface area contributed by atoms with Gasteiger partial charge in [-0.05, 0) is 36.2 Å². The molecule has 0 unspecified atom stereocenters. The second kappa shape index (κ2) is 11.2. The topological polar surface area (TPSA) is 72.7 Å². The lowest BCUT2D eigenvalue weighted by atomic mass is 10.1. The van der Waals surface area contributed by atoms with E-state index in [0.29, 0.717) is 19.4 Å². The van der Waals surface area contributed by atoms with Gasteiger partial charge in [0.15, 0.2) is 5.16 Å². The first-order chi connectivity index (χ1) is 15.8. The van der Waals surface area contributed by atoms with E-state index in [1.54, 1.807) is 18.0 Å². The minimum atomic E-state index is 0.0329. The average Bonchev–Trinajstić information content (AvgIpc) is 3.24. The standard InChI is InChI=1S/C25H25N5OS/c31-24(27-19-21-12-7-8-16-26-21)15-9-17-32-25-29-28-23(18-20-10-3-1-4-11-20)30(25)22-13-5-2-6-14-22/h1-8,10-14,16H,9,15,17-19H2,(H,27,31). The zero-order valence-corrected chi connectivity index (χ0v) is 18.5. The molecular weight excluding hydrogens is 418 g/mol. The number of thioether (sulfide) groups is 1. The van der Waals surface area contributed by atoms with E-state index in [1.165, 1.54) is 5.56 Å². The maximum atomic E-state index is 12.1. The SMILES string of the molecule is O=C(CCCSc1nnc(Cc2ccccc2)n1-c1ccccc1)NCc1ccccn1. The van der Waals surface area contributed by atoms with E-state index >= 15 is 0 Å². The van der Waals surface area contributed by atoms with E-state index in [4.69, 9.17) is 0 Å². The predicted octanol–water partition coefficient (Wildman–Crippen LogP) is 4.44. The van der Waals surface area contributed by atoms with Gasteiger partial charge in [-0.3, -0.25) is 14.3 Å². The van der Waals surface area contributed by atoms with Gasteiger partial charge in [0.25, 0.3) is 0 Å². The lowest BCUT2D eigenvalue weighted by Crippen LogP contribution is -2.23. The monoisotopic (exact) mass is 443 g/mol. The molecule has 0 aliphatic heterocycles. The molecule has 0 fully saturated rings. The van der Waals surface area contributed by atoms with Crippen LogP contribution in [0.5, 0.6) is 0 Å². The second-order valence-electron chi connectivity index (χ2n) is 7.28. The van der Waals surface area contributed by atoms with E-state index in [2.05, 4.69) is 49.3 Å². The van der Waals surface area contributed by atoms with Crippen molar-refractivity contribution in [2.45, 2.75) is 31.0 Å². The van der Waals surface area contributed by atoms with Crippen LogP contribution >= 0.6 is 11.8 Å². The molecule has 4 aromatic rings. The number of rotatable bonds is 10. The fourth-order valence-electron chi connectivity index (χ4n) is 3.30. The molecule has 0 radical (unpaired) electrons.